The molecule has 0 aliphatic carbocycles. The molecule has 0 aromatic carbocycles. The molecule has 0 amide bonds. The molecule has 78 valence electrons. The van der Waals surface area contributed by atoms with Gasteiger partial charge in [-0.15, -0.1) is 0 Å². The molecule has 1 rings (SSSR count). The van der Waals surface area contributed by atoms with Crippen LogP contribution in [0.3, 0.4) is 0 Å². The highest BCUT2D eigenvalue weighted by Crippen LogP contribution is 2.06. The second-order valence-corrected chi connectivity index (χ2v) is 5.77. The van der Waals surface area contributed by atoms with E-state index in [0.29, 0.717) is 6.04 Å². The van der Waals surface area contributed by atoms with Crippen molar-refractivity contribution in [1.29, 1.82) is 0 Å². The van der Waals surface area contributed by atoms with Crippen molar-refractivity contribution < 1.29 is 4.21 Å². The van der Waals surface area contributed by atoms with E-state index in [1.165, 1.54) is 13.0 Å². The summed E-state index contributed by atoms with van der Waals surface area (Å²) in [7, 11) is 1.45. The fourth-order valence-corrected chi connectivity index (χ4v) is 1.88. The molecule has 1 fully saturated rings. The molecule has 0 spiro atoms. The van der Waals surface area contributed by atoms with Gasteiger partial charge in [0, 0.05) is 41.4 Å². The smallest absolute Gasteiger partial charge is 0.0441 e. The van der Waals surface area contributed by atoms with Crippen LogP contribution in [0.2, 0.25) is 0 Å². The van der Waals surface area contributed by atoms with E-state index >= 15 is 0 Å². The predicted octanol–water partition coefficient (Wildman–Crippen LogP) is 0.0471. The number of hydrogen-bond acceptors (Lipinski definition) is 3. The van der Waals surface area contributed by atoms with Crippen LogP contribution in [0.25, 0.3) is 0 Å². The Morgan fingerprint density at radius 2 is 2.38 bits per heavy atom. The van der Waals surface area contributed by atoms with E-state index in [1.807, 2.05) is 6.92 Å². The van der Waals surface area contributed by atoms with Crippen molar-refractivity contribution in [2.75, 3.05) is 32.9 Å². The number of rotatable bonds is 4. The van der Waals surface area contributed by atoms with Gasteiger partial charge >= 0.3 is 0 Å². The summed E-state index contributed by atoms with van der Waals surface area (Å²) in [4.78, 5) is 2.32. The average molecular weight is 204 g/mol. The van der Waals surface area contributed by atoms with Gasteiger partial charge in [-0.3, -0.25) is 4.21 Å². The molecule has 4 heteroatoms. The maximum Gasteiger partial charge on any atom is 0.0441 e. The van der Waals surface area contributed by atoms with Crippen molar-refractivity contribution in [1.82, 2.24) is 10.2 Å². The molecular formula is C9H20N2OS. The lowest BCUT2D eigenvalue weighted by molar-refractivity contribution is 0.398. The third-order valence-corrected chi connectivity index (χ3v) is 3.95. The second-order valence-electron chi connectivity index (χ2n) is 3.97. The minimum Gasteiger partial charge on any atom is -0.311 e. The third kappa shape index (κ3) is 3.75. The monoisotopic (exact) mass is 204 g/mol. The molecule has 0 saturated carbocycles. The molecule has 3 nitrogen and oxygen atoms in total. The molecule has 1 aliphatic rings. The first-order valence-corrected chi connectivity index (χ1v) is 6.46. The van der Waals surface area contributed by atoms with Crippen LogP contribution < -0.4 is 5.32 Å². The molecule has 0 aromatic heterocycles. The van der Waals surface area contributed by atoms with Gasteiger partial charge in [-0.25, -0.2) is 0 Å². The molecule has 3 atom stereocenters. The molecule has 1 aliphatic heterocycles. The van der Waals surface area contributed by atoms with Crippen molar-refractivity contribution in [3.05, 3.63) is 0 Å². The van der Waals surface area contributed by atoms with Crippen LogP contribution in [0, 0.1) is 0 Å². The van der Waals surface area contributed by atoms with Crippen LogP contribution in [0.15, 0.2) is 0 Å². The Kier molecular flexibility index (Phi) is 4.35. The van der Waals surface area contributed by atoms with Crippen LogP contribution >= 0.6 is 0 Å². The Balaban J connectivity index is 2.16. The van der Waals surface area contributed by atoms with Crippen LogP contribution in [0.1, 0.15) is 13.3 Å². The number of likely N-dealkylation sites (tertiary alicyclic amines) is 1. The summed E-state index contributed by atoms with van der Waals surface area (Å²) in [6, 6.07) is 0.607. The van der Waals surface area contributed by atoms with Gasteiger partial charge < -0.3 is 10.2 Å². The number of nitrogens with zero attached hydrogens (tertiary/aromatic N) is 1. The van der Waals surface area contributed by atoms with Gasteiger partial charge in [-0.1, -0.05) is 0 Å². The van der Waals surface area contributed by atoms with Crippen molar-refractivity contribution in [3.8, 4) is 0 Å². The molecule has 1 N–H and O–H groups in total. The van der Waals surface area contributed by atoms with Gasteiger partial charge in [0.05, 0.1) is 0 Å². The Hall–Kier alpha value is 0.0700. The summed E-state index contributed by atoms with van der Waals surface area (Å²) in [6.45, 7) is 5.22. The fraction of sp³-hybridized carbons (Fsp3) is 1.00. The molecule has 3 unspecified atom stereocenters. The van der Waals surface area contributed by atoms with E-state index in [0.717, 1.165) is 13.1 Å². The topological polar surface area (TPSA) is 32.3 Å². The predicted molar refractivity (Wildman–Crippen MR) is 57.4 cm³/mol. The zero-order valence-electron chi connectivity index (χ0n) is 8.75. The fourth-order valence-electron chi connectivity index (χ4n) is 1.55. The highest BCUT2D eigenvalue weighted by molar-refractivity contribution is 7.84. The average Bonchev–Trinajstić information content (AvgIpc) is 2.47. The van der Waals surface area contributed by atoms with Crippen LogP contribution in [-0.4, -0.2) is 53.3 Å². The highest BCUT2D eigenvalue weighted by Gasteiger charge is 2.19. The van der Waals surface area contributed by atoms with Gasteiger partial charge in [0.15, 0.2) is 0 Å². The lowest BCUT2D eigenvalue weighted by atomic mass is 10.2. The number of hydrogen-bond donors (Lipinski definition) is 1. The molecule has 13 heavy (non-hydrogen) atoms. The summed E-state index contributed by atoms with van der Waals surface area (Å²) in [5.74, 6) is 0. The number of nitrogens with one attached hydrogen (secondary N) is 1. The summed E-state index contributed by atoms with van der Waals surface area (Å²) < 4.78 is 11.1. The molecule has 0 radical (unpaired) electrons. The summed E-state index contributed by atoms with van der Waals surface area (Å²) in [5.41, 5.74) is 0. The van der Waals surface area contributed by atoms with Crippen molar-refractivity contribution >= 4 is 10.8 Å². The Labute approximate surface area is 83.3 Å². The SMILES string of the molecule is CC(CNC1CCN(C)C1)S(C)=O. The van der Waals surface area contributed by atoms with Crippen LogP contribution in [0.5, 0.6) is 0 Å². The normalized spacial score (nSPS) is 29.0. The maximum absolute atomic E-state index is 11.1. The van der Waals surface area contributed by atoms with E-state index < -0.39 is 10.8 Å². The third-order valence-electron chi connectivity index (χ3n) is 2.65. The van der Waals surface area contributed by atoms with Crippen molar-refractivity contribution in [2.45, 2.75) is 24.6 Å². The lowest BCUT2D eigenvalue weighted by Gasteiger charge is -2.15. The molecule has 1 saturated heterocycles. The summed E-state index contributed by atoms with van der Waals surface area (Å²) >= 11 is 0. The highest BCUT2D eigenvalue weighted by atomic mass is 32.2. The Morgan fingerprint density at radius 3 is 2.85 bits per heavy atom. The van der Waals surface area contributed by atoms with E-state index in [1.54, 1.807) is 6.26 Å². The minimum absolute atomic E-state index is 0.269. The quantitative estimate of drug-likeness (QED) is 0.702. The zero-order valence-corrected chi connectivity index (χ0v) is 9.56. The Morgan fingerprint density at radius 1 is 1.69 bits per heavy atom. The van der Waals surface area contributed by atoms with Crippen molar-refractivity contribution in [3.63, 3.8) is 0 Å². The minimum atomic E-state index is -0.695. The summed E-state index contributed by atoms with van der Waals surface area (Å²) in [6.07, 6.45) is 2.99. The van der Waals surface area contributed by atoms with E-state index in [9.17, 15) is 4.21 Å². The first kappa shape index (κ1) is 11.1. The van der Waals surface area contributed by atoms with Crippen molar-refractivity contribution in [2.24, 2.45) is 0 Å². The van der Waals surface area contributed by atoms with Gasteiger partial charge in [0.1, 0.15) is 0 Å². The van der Waals surface area contributed by atoms with Gasteiger partial charge in [-0.2, -0.15) is 0 Å². The van der Waals surface area contributed by atoms with Crippen LogP contribution in [-0.2, 0) is 10.8 Å². The lowest BCUT2D eigenvalue weighted by Crippen LogP contribution is -2.37. The zero-order chi connectivity index (χ0) is 9.84. The molecule has 1 heterocycles. The molecule has 0 bridgehead atoms. The molecule has 0 aromatic rings. The van der Waals surface area contributed by atoms with Crippen LogP contribution in [0.4, 0.5) is 0 Å². The second kappa shape index (κ2) is 5.08. The van der Waals surface area contributed by atoms with Gasteiger partial charge in [0.2, 0.25) is 0 Å². The maximum atomic E-state index is 11.1. The first-order valence-electron chi connectivity index (χ1n) is 4.83. The summed E-state index contributed by atoms with van der Waals surface area (Å²) in [5, 5.41) is 3.73. The van der Waals surface area contributed by atoms with Gasteiger partial charge in [0.25, 0.3) is 0 Å². The first-order chi connectivity index (χ1) is 6.09. The van der Waals surface area contributed by atoms with Gasteiger partial charge in [-0.05, 0) is 26.9 Å². The largest absolute Gasteiger partial charge is 0.311 e. The molecular weight excluding hydrogens is 184 g/mol. The van der Waals surface area contributed by atoms with E-state index in [2.05, 4.69) is 17.3 Å². The number of likely N-dealkylation sites (N-methyl/N-ethyl adjacent to an activating group) is 1. The van der Waals surface area contributed by atoms with E-state index in [-0.39, 0.29) is 5.25 Å². The van der Waals surface area contributed by atoms with E-state index in [4.69, 9.17) is 0 Å². The standard InChI is InChI=1S/C9H20N2OS/c1-8(13(3)12)6-10-9-4-5-11(2)7-9/h8-10H,4-7H2,1-3H3. The Bertz CT molecular complexity index is 186.